The van der Waals surface area contributed by atoms with E-state index in [1.54, 1.807) is 30.3 Å². The Morgan fingerprint density at radius 3 is 2.48 bits per heavy atom. The minimum atomic E-state index is -1.23. The molecule has 0 spiro atoms. The maximum absolute atomic E-state index is 14.4. The number of aromatic nitrogens is 2. The summed E-state index contributed by atoms with van der Waals surface area (Å²) in [6, 6.07) is 21.6. The van der Waals surface area contributed by atoms with Crippen LogP contribution in [0.1, 0.15) is 58.4 Å². The largest absolute Gasteiger partial charge is 0.478 e. The molecule has 0 aliphatic rings. The first-order valence-electron chi connectivity index (χ1n) is 12.9. The molecule has 5 nitrogen and oxygen atoms in total. The first kappa shape index (κ1) is 27.2. The second-order valence-electron chi connectivity index (χ2n) is 9.59. The molecule has 4 aromatic carbocycles. The third-order valence-electron chi connectivity index (χ3n) is 7.00. The number of carbonyl (C=O) groups excluding carboxylic acids is 1. The summed E-state index contributed by atoms with van der Waals surface area (Å²) in [5, 5.41) is 10.4. The summed E-state index contributed by atoms with van der Waals surface area (Å²) < 4.78 is 28.2. The fourth-order valence-corrected chi connectivity index (χ4v) is 5.33. The Bertz CT molecular complexity index is 1730. The molecule has 0 saturated heterocycles. The van der Waals surface area contributed by atoms with Crippen LogP contribution in [0, 0.1) is 11.6 Å². The highest BCUT2D eigenvalue weighted by Crippen LogP contribution is 2.40. The van der Waals surface area contributed by atoms with Gasteiger partial charge in [0.05, 0.1) is 11.1 Å². The quantitative estimate of drug-likeness (QED) is 0.177. The zero-order valence-electron chi connectivity index (χ0n) is 21.5. The van der Waals surface area contributed by atoms with Gasteiger partial charge in [0, 0.05) is 28.1 Å². The summed E-state index contributed by atoms with van der Waals surface area (Å²) in [4.78, 5) is 33.0. The van der Waals surface area contributed by atoms with E-state index in [4.69, 9.17) is 11.6 Å². The minimum Gasteiger partial charge on any atom is -0.478 e. The van der Waals surface area contributed by atoms with Crippen LogP contribution in [0.4, 0.5) is 8.78 Å². The number of halogens is 3. The number of H-pyrrole nitrogens is 1. The van der Waals surface area contributed by atoms with Crippen molar-refractivity contribution in [1.82, 2.24) is 9.97 Å². The Morgan fingerprint density at radius 2 is 1.75 bits per heavy atom. The van der Waals surface area contributed by atoms with Crippen LogP contribution in [0.15, 0.2) is 78.9 Å². The number of rotatable bonds is 9. The van der Waals surface area contributed by atoms with Crippen LogP contribution in [0.25, 0.3) is 33.5 Å². The number of aromatic carboxylic acids is 1. The molecule has 0 bridgehead atoms. The highest BCUT2D eigenvalue weighted by atomic mass is 35.5. The Hall–Kier alpha value is -4.36. The fraction of sp³-hybridized carbons (Fsp3) is 0.156. The number of Topliss-reactive ketones (excluding diaryl/α,β-unsaturated/α-hetero) is 1. The smallest absolute Gasteiger partial charge is 0.336 e. The molecular weight excluding hydrogens is 534 g/mol. The number of hydrogen-bond donors (Lipinski definition) is 2. The second-order valence-corrected chi connectivity index (χ2v) is 10.0. The third-order valence-corrected chi connectivity index (χ3v) is 7.31. The summed E-state index contributed by atoms with van der Waals surface area (Å²) in [6.07, 6.45) is 1.97. The van der Waals surface area contributed by atoms with Crippen molar-refractivity contribution in [2.45, 2.75) is 32.1 Å². The zero-order valence-corrected chi connectivity index (χ0v) is 22.3. The average molecular weight is 559 g/mol. The fourth-order valence-electron chi connectivity index (χ4n) is 5.05. The monoisotopic (exact) mass is 558 g/mol. The van der Waals surface area contributed by atoms with Crippen LogP contribution in [0.2, 0.25) is 5.02 Å². The lowest BCUT2D eigenvalue weighted by Gasteiger charge is -2.17. The Morgan fingerprint density at radius 1 is 0.975 bits per heavy atom. The molecule has 0 aliphatic carbocycles. The van der Waals surface area contributed by atoms with Crippen molar-refractivity contribution in [1.29, 1.82) is 0 Å². The summed E-state index contributed by atoms with van der Waals surface area (Å²) in [7, 11) is 0. The predicted octanol–water partition coefficient (Wildman–Crippen LogP) is 8.68. The number of imidazole rings is 1. The van der Waals surface area contributed by atoms with Crippen LogP contribution in [-0.2, 0) is 0 Å². The van der Waals surface area contributed by atoms with Crippen LogP contribution < -0.4 is 0 Å². The molecule has 0 amide bonds. The first-order valence-corrected chi connectivity index (χ1v) is 13.2. The van der Waals surface area contributed by atoms with Gasteiger partial charge in [0.2, 0.25) is 0 Å². The van der Waals surface area contributed by atoms with Gasteiger partial charge in [-0.15, -0.1) is 0 Å². The molecule has 5 rings (SSSR count). The molecule has 5 aromatic rings. The number of benzene rings is 4. The van der Waals surface area contributed by atoms with Crippen molar-refractivity contribution < 1.29 is 23.5 Å². The van der Waals surface area contributed by atoms with Gasteiger partial charge in [0.25, 0.3) is 0 Å². The van der Waals surface area contributed by atoms with Crippen molar-refractivity contribution >= 4 is 34.4 Å². The summed E-state index contributed by atoms with van der Waals surface area (Å²) in [5.74, 6) is -3.31. The molecule has 0 radical (unpaired) electrons. The average Bonchev–Trinajstić information content (AvgIpc) is 3.40. The van der Waals surface area contributed by atoms with Crippen molar-refractivity contribution in [2.24, 2.45) is 0 Å². The van der Waals surface area contributed by atoms with Crippen LogP contribution in [-0.4, -0.2) is 26.8 Å². The number of carboxylic acids is 1. The second kappa shape index (κ2) is 11.4. The number of nitrogens with zero attached hydrogens (tertiary/aromatic N) is 1. The number of carboxylic acid groups (broad SMARTS) is 1. The molecule has 2 N–H and O–H groups in total. The van der Waals surface area contributed by atoms with E-state index in [1.807, 2.05) is 30.3 Å². The van der Waals surface area contributed by atoms with Gasteiger partial charge in [0.1, 0.15) is 11.3 Å². The van der Waals surface area contributed by atoms with E-state index in [2.05, 4.69) is 16.9 Å². The third kappa shape index (κ3) is 5.25. The molecular formula is C32H25ClF2N2O3. The maximum Gasteiger partial charge on any atom is 0.336 e. The molecule has 0 fully saturated rings. The number of carbonyl (C=O) groups is 2. The van der Waals surface area contributed by atoms with E-state index in [-0.39, 0.29) is 56.7 Å². The molecule has 202 valence electrons. The molecule has 1 heterocycles. The standard InChI is InChI=1S/C32H25ClF2N2O3/c1-2-7-19(18-8-4-3-5-9-18)17-27(38)20-12-13-21(23(16-20)32(39)40)28-22(10-6-11-24(28)33)31-36-26-15-14-25(34)29(35)30(26)37-31/h3-6,8-16,19H,2,7,17H2,1H3,(H,36,37)(H,39,40)/t19-/m0/s1. The van der Waals surface area contributed by atoms with Crippen molar-refractivity contribution in [3.8, 4) is 22.5 Å². The van der Waals surface area contributed by atoms with E-state index in [0.29, 0.717) is 11.1 Å². The zero-order chi connectivity index (χ0) is 28.4. The predicted molar refractivity (Wildman–Crippen MR) is 152 cm³/mol. The molecule has 40 heavy (non-hydrogen) atoms. The van der Waals surface area contributed by atoms with E-state index >= 15 is 0 Å². The highest BCUT2D eigenvalue weighted by molar-refractivity contribution is 6.34. The Kier molecular flexibility index (Phi) is 7.76. The van der Waals surface area contributed by atoms with E-state index in [0.717, 1.165) is 24.5 Å². The van der Waals surface area contributed by atoms with Gasteiger partial charge < -0.3 is 10.1 Å². The summed E-state index contributed by atoms with van der Waals surface area (Å²) in [6.45, 7) is 2.06. The van der Waals surface area contributed by atoms with Gasteiger partial charge >= 0.3 is 5.97 Å². The molecule has 0 aliphatic heterocycles. The highest BCUT2D eigenvalue weighted by Gasteiger charge is 2.23. The van der Waals surface area contributed by atoms with E-state index in [9.17, 15) is 23.5 Å². The number of hydrogen-bond acceptors (Lipinski definition) is 3. The number of nitrogens with one attached hydrogen (secondary N) is 1. The number of aromatic amines is 1. The van der Waals surface area contributed by atoms with Gasteiger partial charge in [-0.05, 0) is 47.7 Å². The normalized spacial score (nSPS) is 12.0. The number of fused-ring (bicyclic) bond motifs is 1. The van der Waals surface area contributed by atoms with Gasteiger partial charge in [-0.25, -0.2) is 18.6 Å². The molecule has 0 saturated carbocycles. The number of ketones is 1. The summed E-state index contributed by atoms with van der Waals surface area (Å²) >= 11 is 6.58. The lowest BCUT2D eigenvalue weighted by Crippen LogP contribution is -2.10. The lowest BCUT2D eigenvalue weighted by atomic mass is 9.87. The van der Waals surface area contributed by atoms with Gasteiger partial charge in [-0.1, -0.05) is 79.5 Å². The van der Waals surface area contributed by atoms with Crippen LogP contribution in [0.3, 0.4) is 0 Å². The first-order chi connectivity index (χ1) is 19.3. The van der Waals surface area contributed by atoms with Crippen molar-refractivity contribution in [3.05, 3.63) is 112 Å². The Labute approximate surface area is 234 Å². The van der Waals surface area contributed by atoms with Crippen LogP contribution >= 0.6 is 11.6 Å². The molecule has 0 unspecified atom stereocenters. The van der Waals surface area contributed by atoms with Gasteiger partial charge in [0.15, 0.2) is 17.4 Å². The molecule has 1 atom stereocenters. The molecule has 1 aromatic heterocycles. The van der Waals surface area contributed by atoms with E-state index < -0.39 is 17.6 Å². The van der Waals surface area contributed by atoms with Gasteiger partial charge in [-0.3, -0.25) is 4.79 Å². The topological polar surface area (TPSA) is 83.0 Å². The Balaban J connectivity index is 1.57. The minimum absolute atomic E-state index is 0.0140. The maximum atomic E-state index is 14.4. The lowest BCUT2D eigenvalue weighted by molar-refractivity contribution is 0.0697. The van der Waals surface area contributed by atoms with Gasteiger partial charge in [-0.2, -0.15) is 0 Å². The van der Waals surface area contributed by atoms with Crippen molar-refractivity contribution in [2.75, 3.05) is 0 Å². The van der Waals surface area contributed by atoms with E-state index in [1.165, 1.54) is 12.1 Å². The van der Waals surface area contributed by atoms with Crippen molar-refractivity contribution in [3.63, 3.8) is 0 Å². The SMILES string of the molecule is CCC[C@@H](CC(=O)c1ccc(-c2c(Cl)cccc2-c2nc3c(F)c(F)ccc3[nH]2)c(C(=O)O)c1)c1ccccc1. The van der Waals surface area contributed by atoms with Crippen LogP contribution in [0.5, 0.6) is 0 Å². The molecule has 8 heteroatoms. The summed E-state index contributed by atoms with van der Waals surface area (Å²) in [5.41, 5.74) is 2.35.